The van der Waals surface area contributed by atoms with Crippen molar-refractivity contribution in [2.75, 3.05) is 10.8 Å². The average Bonchev–Trinajstić information content (AvgIpc) is 3.14. The Hall–Kier alpha value is -0.910. The summed E-state index contributed by atoms with van der Waals surface area (Å²) in [5, 5.41) is 13.9. The van der Waals surface area contributed by atoms with Crippen LogP contribution in [0.5, 0.6) is 0 Å². The van der Waals surface area contributed by atoms with Crippen molar-refractivity contribution in [3.63, 3.8) is 0 Å². The van der Waals surface area contributed by atoms with Gasteiger partial charge in [0, 0.05) is 9.65 Å². The van der Waals surface area contributed by atoms with Gasteiger partial charge in [0.2, 0.25) is 5.91 Å². The van der Waals surface area contributed by atoms with E-state index < -0.39 is 45.8 Å². The van der Waals surface area contributed by atoms with E-state index in [9.17, 15) is 23.9 Å². The van der Waals surface area contributed by atoms with Crippen molar-refractivity contribution in [3.8, 4) is 0 Å². The van der Waals surface area contributed by atoms with Crippen LogP contribution >= 0.6 is 35.1 Å². The van der Waals surface area contributed by atoms with Crippen LogP contribution in [0.15, 0.2) is 28.8 Å². The maximum Gasteiger partial charge on any atom is 1.00 e. The Balaban J connectivity index is 0.00000272. The molecular formula is C19H18ClFN3NaO4S2. The summed E-state index contributed by atoms with van der Waals surface area (Å²) < 4.78 is 13.7. The third kappa shape index (κ3) is 4.00. The van der Waals surface area contributed by atoms with Gasteiger partial charge in [-0.3, -0.25) is 9.59 Å². The summed E-state index contributed by atoms with van der Waals surface area (Å²) in [7, 11) is 0. The van der Waals surface area contributed by atoms with Crippen LogP contribution in [0.1, 0.15) is 20.8 Å². The summed E-state index contributed by atoms with van der Waals surface area (Å²) in [5.74, 6) is -2.58. The van der Waals surface area contributed by atoms with E-state index in [0.717, 1.165) is 0 Å². The van der Waals surface area contributed by atoms with Crippen molar-refractivity contribution in [1.29, 1.82) is 0 Å². The number of thioether (sulfide) groups is 2. The van der Waals surface area contributed by atoms with Crippen LogP contribution in [0.25, 0.3) is 0 Å². The fourth-order valence-corrected chi connectivity index (χ4v) is 6.83. The van der Waals surface area contributed by atoms with Gasteiger partial charge in [-0.1, -0.05) is 17.7 Å². The smallest absolute Gasteiger partial charge is 0.548 e. The number of hydrogen-bond acceptors (Lipinski definition) is 7. The van der Waals surface area contributed by atoms with E-state index in [1.807, 2.05) is 0 Å². The first-order valence-electron chi connectivity index (χ1n) is 9.11. The van der Waals surface area contributed by atoms with Crippen molar-refractivity contribution in [3.05, 3.63) is 39.6 Å². The zero-order valence-electron chi connectivity index (χ0n) is 17.3. The quantitative estimate of drug-likeness (QED) is 0.404. The van der Waals surface area contributed by atoms with Crippen molar-refractivity contribution in [2.45, 2.75) is 43.0 Å². The van der Waals surface area contributed by atoms with E-state index >= 15 is 0 Å². The van der Waals surface area contributed by atoms with Crippen LogP contribution in [-0.2, 0) is 14.4 Å². The van der Waals surface area contributed by atoms with E-state index in [0.29, 0.717) is 10.8 Å². The molecule has 0 radical (unpaired) electrons. The second-order valence-electron chi connectivity index (χ2n) is 7.71. The number of β-lactam (4-membered cyclic amide) rings is 1. The number of para-hydroxylation sites is 1. The average molecular weight is 494 g/mol. The van der Waals surface area contributed by atoms with Gasteiger partial charge in [0.1, 0.15) is 22.9 Å². The Morgan fingerprint density at radius 2 is 2.03 bits per heavy atom. The Morgan fingerprint density at radius 1 is 1.35 bits per heavy atom. The van der Waals surface area contributed by atoms with Crippen LogP contribution < -0.4 is 44.9 Å². The molecule has 3 atom stereocenters. The van der Waals surface area contributed by atoms with Gasteiger partial charge in [-0.25, -0.2) is 4.39 Å². The van der Waals surface area contributed by atoms with E-state index in [1.165, 1.54) is 45.5 Å². The molecule has 3 aliphatic rings. The number of anilines is 1. The summed E-state index contributed by atoms with van der Waals surface area (Å²) in [4.78, 5) is 40.6. The molecule has 0 aliphatic carbocycles. The fraction of sp³-hybridized carbons (Fsp3) is 0.421. The van der Waals surface area contributed by atoms with E-state index in [-0.39, 0.29) is 46.0 Å². The van der Waals surface area contributed by atoms with Gasteiger partial charge >= 0.3 is 29.6 Å². The number of allylic oxidation sites excluding steroid dienone is 1. The summed E-state index contributed by atoms with van der Waals surface area (Å²) >= 11 is 8.84. The van der Waals surface area contributed by atoms with Gasteiger partial charge in [0.05, 0.1) is 28.6 Å². The molecule has 1 aromatic carbocycles. The molecule has 4 rings (SSSR count). The third-order valence-electron chi connectivity index (χ3n) is 5.39. The Labute approximate surface area is 214 Å². The molecule has 1 aromatic rings. The first-order valence-corrected chi connectivity index (χ1v) is 11.4. The molecule has 7 nitrogen and oxygen atoms in total. The second-order valence-corrected chi connectivity index (χ2v) is 11.0. The van der Waals surface area contributed by atoms with Crippen LogP contribution in [0, 0.1) is 5.82 Å². The molecular weight excluding hydrogens is 476 g/mol. The van der Waals surface area contributed by atoms with E-state index in [4.69, 9.17) is 11.6 Å². The molecule has 3 aliphatic heterocycles. The van der Waals surface area contributed by atoms with Gasteiger partial charge in [0.15, 0.2) is 0 Å². The molecule has 0 bridgehead atoms. The minimum absolute atomic E-state index is 0. The van der Waals surface area contributed by atoms with Crippen LogP contribution in [-0.4, -0.2) is 50.8 Å². The fourth-order valence-electron chi connectivity index (χ4n) is 4.03. The van der Waals surface area contributed by atoms with Gasteiger partial charge in [-0.2, -0.15) is 0 Å². The molecule has 160 valence electrons. The van der Waals surface area contributed by atoms with Gasteiger partial charge in [-0.15, -0.1) is 23.5 Å². The van der Waals surface area contributed by atoms with Gasteiger partial charge in [-0.05, 0) is 32.9 Å². The third-order valence-corrected chi connectivity index (χ3v) is 8.28. The molecule has 2 saturated heterocycles. The largest absolute Gasteiger partial charge is 1.00 e. The van der Waals surface area contributed by atoms with Gasteiger partial charge in [0.25, 0.3) is 5.91 Å². The maximum atomic E-state index is 14.4. The first-order chi connectivity index (χ1) is 14.0. The molecule has 2 fully saturated rings. The number of halogens is 2. The molecule has 31 heavy (non-hydrogen) atoms. The molecule has 1 N–H and O–H groups in total. The van der Waals surface area contributed by atoms with Crippen LogP contribution in [0.3, 0.4) is 0 Å². The van der Waals surface area contributed by atoms with Crippen molar-refractivity contribution in [2.24, 2.45) is 0 Å². The monoisotopic (exact) mass is 493 g/mol. The SMILES string of the molecule is CC1=C(C(=O)NC2C(=O)N3C2SC(C)(C)C3C(=O)[O-])N(c2c(F)cccc2Cl)CS1.[Na+]. The summed E-state index contributed by atoms with van der Waals surface area (Å²) in [6, 6.07) is 2.35. The number of amides is 2. The molecule has 0 aromatic heterocycles. The first kappa shape index (κ1) is 24.7. The van der Waals surface area contributed by atoms with Crippen molar-refractivity contribution in [1.82, 2.24) is 10.2 Å². The number of rotatable bonds is 4. The summed E-state index contributed by atoms with van der Waals surface area (Å²) in [6.07, 6.45) is 0. The van der Waals surface area contributed by atoms with Crippen molar-refractivity contribution < 1.29 is 53.4 Å². The normalized spacial score (nSPS) is 26.4. The zero-order chi connectivity index (χ0) is 22.0. The summed E-state index contributed by atoms with van der Waals surface area (Å²) in [5.41, 5.74) is 0.320. The number of carboxylic acid groups (broad SMARTS) is 1. The molecule has 0 spiro atoms. The number of fused-ring (bicyclic) bond motifs is 1. The minimum Gasteiger partial charge on any atom is -0.548 e. The summed E-state index contributed by atoms with van der Waals surface area (Å²) in [6.45, 7) is 5.19. The molecule has 0 saturated carbocycles. The standard InChI is InChI=1S/C19H19ClFN3O4S2.Na/c1-8-12(23(7-29-8)13-9(20)5-4-6-10(13)21)15(25)22-11-16(26)24-14(18(27)28)19(2,3)30-17(11)24;/h4-6,11,14,17H,7H2,1-3H3,(H,22,25)(H,27,28);/q;+1/p-1. The number of hydrogen-bond donors (Lipinski definition) is 1. The second kappa shape index (κ2) is 8.79. The number of carbonyl (C=O) groups is 3. The number of nitrogens with one attached hydrogen (secondary N) is 1. The minimum atomic E-state index is -1.32. The number of carboxylic acids is 1. The Bertz CT molecular complexity index is 988. The maximum absolute atomic E-state index is 14.4. The molecule has 12 heteroatoms. The number of benzene rings is 1. The number of aliphatic carboxylic acids is 1. The number of nitrogens with zero attached hydrogens (tertiary/aromatic N) is 2. The Kier molecular flexibility index (Phi) is 7.01. The van der Waals surface area contributed by atoms with Crippen LogP contribution in [0.2, 0.25) is 5.02 Å². The van der Waals surface area contributed by atoms with Crippen LogP contribution in [0.4, 0.5) is 10.1 Å². The van der Waals surface area contributed by atoms with E-state index in [2.05, 4.69) is 5.32 Å². The molecule has 2 amide bonds. The molecule has 3 unspecified atom stereocenters. The predicted octanol–water partition coefficient (Wildman–Crippen LogP) is -1.48. The zero-order valence-corrected chi connectivity index (χ0v) is 21.7. The number of carbonyl (C=O) groups excluding carboxylic acids is 3. The Morgan fingerprint density at radius 3 is 2.65 bits per heavy atom. The predicted molar refractivity (Wildman–Crippen MR) is 112 cm³/mol. The van der Waals surface area contributed by atoms with E-state index in [1.54, 1.807) is 26.8 Å². The van der Waals surface area contributed by atoms with Gasteiger partial charge < -0.3 is 25.0 Å². The van der Waals surface area contributed by atoms with Crippen molar-refractivity contribution >= 4 is 58.6 Å². The molecule has 3 heterocycles. The topological polar surface area (TPSA) is 92.8 Å².